The second kappa shape index (κ2) is 7.82. The number of piperidine rings is 1. The Balaban J connectivity index is 1.10. The zero-order chi connectivity index (χ0) is 22.6. The van der Waals surface area contributed by atoms with Gasteiger partial charge in [-0.15, -0.1) is 0 Å². The Morgan fingerprint density at radius 2 is 1.61 bits per heavy atom. The Hall–Kier alpha value is -2.96. The second-order valence-corrected chi connectivity index (χ2v) is 10.2. The van der Waals surface area contributed by atoms with Crippen molar-refractivity contribution in [1.82, 2.24) is 15.6 Å². The number of amides is 2. The van der Waals surface area contributed by atoms with Crippen molar-refractivity contribution in [3.8, 4) is 0 Å². The maximum absolute atomic E-state index is 13.3. The van der Waals surface area contributed by atoms with Crippen molar-refractivity contribution in [3.63, 3.8) is 0 Å². The highest BCUT2D eigenvalue weighted by atomic mass is 19.1. The third-order valence-electron chi connectivity index (χ3n) is 7.84. The average Bonchev–Trinajstić information content (AvgIpc) is 3.73. The fourth-order valence-corrected chi connectivity index (χ4v) is 5.70. The monoisotopic (exact) mass is 448 g/mol. The molecule has 6 rings (SSSR count). The molecule has 1 aromatic carbocycles. The summed E-state index contributed by atoms with van der Waals surface area (Å²) in [6, 6.07) is 11.4. The van der Waals surface area contributed by atoms with Crippen LogP contribution < -0.4 is 15.5 Å². The van der Waals surface area contributed by atoms with Gasteiger partial charge in [0, 0.05) is 30.4 Å². The number of hydrogen-bond donors (Lipinski definition) is 2. The molecule has 33 heavy (non-hydrogen) atoms. The molecule has 2 bridgehead atoms. The highest BCUT2D eigenvalue weighted by Crippen LogP contribution is 2.49. The molecule has 2 amide bonds. The van der Waals surface area contributed by atoms with Gasteiger partial charge in [0.05, 0.1) is 11.0 Å². The summed E-state index contributed by atoms with van der Waals surface area (Å²) in [6.07, 6.45) is 9.42. The van der Waals surface area contributed by atoms with Crippen molar-refractivity contribution < 1.29 is 14.0 Å². The molecular weight excluding hydrogens is 419 g/mol. The lowest BCUT2D eigenvalue weighted by Crippen LogP contribution is -2.52. The van der Waals surface area contributed by atoms with Crippen molar-refractivity contribution in [1.29, 1.82) is 0 Å². The summed E-state index contributed by atoms with van der Waals surface area (Å²) < 4.78 is 13.3. The van der Waals surface area contributed by atoms with Gasteiger partial charge in [0.1, 0.15) is 11.6 Å². The maximum Gasteiger partial charge on any atom is 0.253 e. The van der Waals surface area contributed by atoms with Crippen molar-refractivity contribution in [2.45, 2.75) is 80.9 Å². The van der Waals surface area contributed by atoms with E-state index >= 15 is 0 Å². The minimum absolute atomic E-state index is 0.0453. The van der Waals surface area contributed by atoms with Gasteiger partial charge in [0.25, 0.3) is 5.91 Å². The Bertz CT molecular complexity index is 1050. The highest BCUT2D eigenvalue weighted by molar-refractivity contribution is 5.94. The highest BCUT2D eigenvalue weighted by Gasteiger charge is 2.52. The van der Waals surface area contributed by atoms with E-state index < -0.39 is 5.41 Å². The topological polar surface area (TPSA) is 74.3 Å². The lowest BCUT2D eigenvalue weighted by atomic mass is 9.92. The largest absolute Gasteiger partial charge is 0.352 e. The second-order valence-electron chi connectivity index (χ2n) is 10.2. The molecule has 2 saturated carbocycles. The first-order chi connectivity index (χ1) is 16.0. The first kappa shape index (κ1) is 20.6. The summed E-state index contributed by atoms with van der Waals surface area (Å²) in [5, 5.41) is 6.33. The number of carbonyl (C=O) groups is 2. The van der Waals surface area contributed by atoms with Gasteiger partial charge < -0.3 is 15.5 Å². The molecule has 4 aliphatic rings. The Labute approximate surface area is 193 Å². The summed E-state index contributed by atoms with van der Waals surface area (Å²) in [6.45, 7) is 0. The van der Waals surface area contributed by atoms with Gasteiger partial charge in [-0.25, -0.2) is 9.37 Å². The van der Waals surface area contributed by atoms with Crippen LogP contribution in [0.25, 0.3) is 0 Å². The smallest absolute Gasteiger partial charge is 0.253 e. The van der Waals surface area contributed by atoms with Crippen LogP contribution in [0.15, 0.2) is 42.6 Å². The predicted octanol–water partition coefficient (Wildman–Crippen LogP) is 3.46. The van der Waals surface area contributed by atoms with Crippen LogP contribution in [-0.4, -0.2) is 41.0 Å². The number of pyridine rings is 1. The van der Waals surface area contributed by atoms with E-state index in [1.807, 2.05) is 12.1 Å². The molecule has 7 heteroatoms. The minimum Gasteiger partial charge on any atom is -0.352 e. The number of hydrogen-bond acceptors (Lipinski definition) is 4. The number of rotatable bonds is 6. The summed E-state index contributed by atoms with van der Waals surface area (Å²) in [7, 11) is 0. The van der Waals surface area contributed by atoms with Crippen LogP contribution in [0, 0.1) is 5.82 Å². The molecule has 0 radical (unpaired) electrons. The molecule has 0 spiro atoms. The van der Waals surface area contributed by atoms with Crippen LogP contribution >= 0.6 is 0 Å². The number of nitrogens with zero attached hydrogens (tertiary/aromatic N) is 2. The molecule has 3 atom stereocenters. The zero-order valence-electron chi connectivity index (χ0n) is 18.6. The van der Waals surface area contributed by atoms with Crippen LogP contribution in [0.2, 0.25) is 0 Å². The van der Waals surface area contributed by atoms with E-state index in [0.717, 1.165) is 62.7 Å². The van der Waals surface area contributed by atoms with Crippen molar-refractivity contribution >= 4 is 17.6 Å². The Morgan fingerprint density at radius 3 is 2.18 bits per heavy atom. The van der Waals surface area contributed by atoms with Gasteiger partial charge in [-0.2, -0.15) is 0 Å². The summed E-state index contributed by atoms with van der Waals surface area (Å²) in [4.78, 5) is 32.4. The van der Waals surface area contributed by atoms with E-state index in [1.165, 1.54) is 12.1 Å². The van der Waals surface area contributed by atoms with Gasteiger partial charge >= 0.3 is 0 Å². The fraction of sp³-hybridized carbons (Fsp3) is 0.500. The fourth-order valence-electron chi connectivity index (χ4n) is 5.70. The van der Waals surface area contributed by atoms with Crippen LogP contribution in [0.4, 0.5) is 10.2 Å². The van der Waals surface area contributed by atoms with Crippen LogP contribution in [0.3, 0.4) is 0 Å². The Morgan fingerprint density at radius 1 is 0.909 bits per heavy atom. The number of carbonyl (C=O) groups excluding carboxylic acids is 2. The minimum atomic E-state index is -0.484. The number of anilines is 1. The van der Waals surface area contributed by atoms with Gasteiger partial charge in [-0.05, 0) is 81.2 Å². The summed E-state index contributed by atoms with van der Waals surface area (Å²) >= 11 is 0. The quantitative estimate of drug-likeness (QED) is 0.710. The molecular formula is C26H29FN4O2. The van der Waals surface area contributed by atoms with Crippen LogP contribution in [0.1, 0.15) is 67.3 Å². The standard InChI is InChI=1S/C26H29FN4O2/c27-18-4-2-17(3-5-18)26(11-12-26)25(33)30-20-13-21-8-9-22(14-20)31(21)23-10-1-16(15-28-23)24(32)29-19-6-7-19/h1-5,10,15,19-22H,6-9,11-14H2,(H,29,32)(H,30,33)/t20?,21-,22+. The Kier molecular flexibility index (Phi) is 4.89. The SMILES string of the molecule is O=C(NC1CC1)c1ccc(N2[C@@H]3CC[C@H]2CC(NC(=O)C2(c4ccc(F)cc4)CC2)C3)nc1. The predicted molar refractivity (Wildman–Crippen MR) is 122 cm³/mol. The number of fused-ring (bicyclic) bond motifs is 2. The van der Waals surface area contributed by atoms with Crippen molar-refractivity contribution in [2.75, 3.05) is 4.90 Å². The first-order valence-corrected chi connectivity index (χ1v) is 12.1. The van der Waals surface area contributed by atoms with E-state index in [1.54, 1.807) is 18.3 Å². The molecule has 1 aromatic heterocycles. The van der Waals surface area contributed by atoms with Crippen LogP contribution in [0.5, 0.6) is 0 Å². The molecule has 2 saturated heterocycles. The molecule has 3 heterocycles. The molecule has 2 aliphatic carbocycles. The van der Waals surface area contributed by atoms with Gasteiger partial charge in [-0.3, -0.25) is 9.59 Å². The number of halogens is 1. The lowest BCUT2D eigenvalue weighted by Gasteiger charge is -2.40. The molecule has 2 aromatic rings. The number of nitrogens with one attached hydrogen (secondary N) is 2. The van der Waals surface area contributed by atoms with E-state index in [2.05, 4.69) is 20.5 Å². The number of benzene rings is 1. The van der Waals surface area contributed by atoms with Crippen molar-refractivity contribution in [3.05, 3.63) is 59.5 Å². The van der Waals surface area contributed by atoms with Gasteiger partial charge in [0.15, 0.2) is 0 Å². The first-order valence-electron chi connectivity index (χ1n) is 12.1. The average molecular weight is 449 g/mol. The third-order valence-corrected chi connectivity index (χ3v) is 7.84. The molecule has 2 aliphatic heterocycles. The van der Waals surface area contributed by atoms with E-state index in [9.17, 15) is 14.0 Å². The van der Waals surface area contributed by atoms with E-state index in [-0.39, 0.29) is 23.7 Å². The number of aromatic nitrogens is 1. The maximum atomic E-state index is 13.3. The molecule has 1 unspecified atom stereocenters. The molecule has 4 fully saturated rings. The van der Waals surface area contributed by atoms with Crippen molar-refractivity contribution in [2.24, 2.45) is 0 Å². The molecule has 6 nitrogen and oxygen atoms in total. The van der Waals surface area contributed by atoms with E-state index in [0.29, 0.717) is 23.7 Å². The van der Waals surface area contributed by atoms with Gasteiger partial charge in [0.2, 0.25) is 5.91 Å². The molecule has 172 valence electrons. The zero-order valence-corrected chi connectivity index (χ0v) is 18.6. The van der Waals surface area contributed by atoms with E-state index in [4.69, 9.17) is 0 Å². The van der Waals surface area contributed by atoms with Gasteiger partial charge in [-0.1, -0.05) is 12.1 Å². The molecule has 2 N–H and O–H groups in total. The third kappa shape index (κ3) is 3.87. The lowest BCUT2D eigenvalue weighted by molar-refractivity contribution is -0.124. The van der Waals surface area contributed by atoms with Crippen LogP contribution in [-0.2, 0) is 10.2 Å². The summed E-state index contributed by atoms with van der Waals surface area (Å²) in [5.74, 6) is 0.677. The summed E-state index contributed by atoms with van der Waals surface area (Å²) in [5.41, 5.74) is 1.04. The normalized spacial score (nSPS) is 27.2.